The molecule has 51 heavy (non-hydrogen) atoms. The predicted molar refractivity (Wildman–Crippen MR) is 175 cm³/mol. The Labute approximate surface area is 298 Å². The van der Waals surface area contributed by atoms with Crippen LogP contribution in [0.3, 0.4) is 0 Å². The van der Waals surface area contributed by atoms with Crippen LogP contribution in [0.25, 0.3) is 10.4 Å². The molecule has 0 spiro atoms. The molecule has 7 atom stereocenters. The minimum atomic E-state index is -5.67. The minimum absolute atomic E-state index is 0.00550. The maximum atomic E-state index is 12.8. The highest BCUT2D eigenvalue weighted by molar-refractivity contribution is 7.66. The number of halogens is 1. The quantitative estimate of drug-likeness (QED) is 0.0209. The van der Waals surface area contributed by atoms with E-state index in [2.05, 4.69) is 39.5 Å². The first-order valence-electron chi connectivity index (χ1n) is 14.3. The Morgan fingerprint density at radius 1 is 0.941 bits per heavy atom. The van der Waals surface area contributed by atoms with Crippen molar-refractivity contribution in [3.8, 4) is 17.6 Å². The van der Waals surface area contributed by atoms with E-state index >= 15 is 0 Å². The third kappa shape index (κ3) is 20.0. The Morgan fingerprint density at radius 2 is 1.55 bits per heavy atom. The van der Waals surface area contributed by atoms with E-state index in [0.29, 0.717) is 40.1 Å². The maximum Gasteiger partial charge on any atom is 0.527 e. The van der Waals surface area contributed by atoms with Gasteiger partial charge in [0.1, 0.15) is 32.4 Å². The van der Waals surface area contributed by atoms with Gasteiger partial charge in [-0.05, 0) is 30.2 Å². The number of phosphoric acid groups is 4. The molecule has 1 aliphatic heterocycles. The molecule has 1 aliphatic rings. The van der Waals surface area contributed by atoms with E-state index in [1.807, 2.05) is 0 Å². The van der Waals surface area contributed by atoms with Gasteiger partial charge in [-0.3, -0.25) is 18.5 Å². The van der Waals surface area contributed by atoms with Crippen LogP contribution in [0, 0.1) is 11.8 Å². The van der Waals surface area contributed by atoms with Gasteiger partial charge in [0.25, 0.3) is 0 Å². The van der Waals surface area contributed by atoms with Crippen LogP contribution in [0.2, 0.25) is 5.02 Å². The van der Waals surface area contributed by atoms with Crippen molar-refractivity contribution in [1.29, 1.82) is 0 Å². The third-order valence-corrected chi connectivity index (χ3v) is 11.2. The molecule has 2 radical (unpaired) electrons. The molecule has 1 saturated heterocycles. The van der Waals surface area contributed by atoms with Gasteiger partial charge in [-0.25, -0.2) is 18.3 Å². The van der Waals surface area contributed by atoms with Crippen molar-refractivity contribution in [3.63, 3.8) is 0 Å². The number of phosphoric ester groups is 3. The number of rotatable bonds is 25. The highest BCUT2D eigenvalue weighted by atomic mass is 35.5. The molecule has 4 N–H and O–H groups in total. The molecule has 7 unspecified atom stereocenters. The third-order valence-electron chi connectivity index (χ3n) is 5.61. The Balaban J connectivity index is 1.79. The molecule has 1 fully saturated rings. The normalized spacial score (nSPS) is 22.0. The highest BCUT2D eigenvalue weighted by Crippen LogP contribution is 2.67. The zero-order valence-corrected chi connectivity index (χ0v) is 31.1. The molecule has 1 aromatic carbocycles. The Bertz CT molecular complexity index is 1560. The van der Waals surface area contributed by atoms with Gasteiger partial charge in [0.2, 0.25) is 0 Å². The molecule has 28 heteroatoms. The first-order chi connectivity index (χ1) is 24.0. The fourth-order valence-electron chi connectivity index (χ4n) is 3.55. The zero-order chi connectivity index (χ0) is 38.0. The Hall–Kier alpha value is -1.40. The molecule has 0 saturated carbocycles. The van der Waals surface area contributed by atoms with Gasteiger partial charge in [-0.15, -0.1) is 0 Å². The van der Waals surface area contributed by atoms with Crippen LogP contribution in [0.4, 0.5) is 0 Å². The number of azide groups is 1. The van der Waals surface area contributed by atoms with Crippen molar-refractivity contribution in [2.75, 3.05) is 73.1 Å². The van der Waals surface area contributed by atoms with Crippen molar-refractivity contribution in [2.24, 2.45) is 5.11 Å². The van der Waals surface area contributed by atoms with Gasteiger partial charge in [0, 0.05) is 30.1 Å². The number of benzene rings is 1. The van der Waals surface area contributed by atoms with E-state index in [9.17, 15) is 32.9 Å². The first kappa shape index (κ1) is 45.8. The second-order valence-corrected chi connectivity index (χ2v) is 16.0. The van der Waals surface area contributed by atoms with Crippen LogP contribution in [-0.2, 0) is 64.1 Å². The van der Waals surface area contributed by atoms with Crippen LogP contribution in [0.1, 0.15) is 12.0 Å². The van der Waals surface area contributed by atoms with E-state index in [0.717, 1.165) is 0 Å². The van der Waals surface area contributed by atoms with Crippen LogP contribution in [0.15, 0.2) is 23.3 Å². The van der Waals surface area contributed by atoms with Crippen molar-refractivity contribution in [2.45, 2.75) is 24.6 Å². The van der Waals surface area contributed by atoms with Gasteiger partial charge in [-0.2, -0.15) is 8.62 Å². The lowest BCUT2D eigenvalue weighted by Crippen LogP contribution is -2.28. The van der Waals surface area contributed by atoms with Crippen molar-refractivity contribution in [1.82, 2.24) is 0 Å². The van der Waals surface area contributed by atoms with Crippen LogP contribution >= 0.6 is 42.9 Å². The summed E-state index contributed by atoms with van der Waals surface area (Å²) in [4.78, 5) is 41.4. The Morgan fingerprint density at radius 3 is 2.18 bits per heavy atom. The average molecular weight is 828 g/mol. The summed E-state index contributed by atoms with van der Waals surface area (Å²) in [5.74, 6) is 5.30. The second-order valence-electron chi connectivity index (χ2n) is 9.49. The van der Waals surface area contributed by atoms with E-state index in [4.69, 9.17) is 62.6 Å². The fourth-order valence-corrected chi connectivity index (χ4v) is 7.97. The monoisotopic (exact) mass is 827 g/mol. The summed E-state index contributed by atoms with van der Waals surface area (Å²) in [6.45, 7) is 1.56. The minimum Gasteiger partial charge on any atom is -0.404 e. The van der Waals surface area contributed by atoms with Crippen molar-refractivity contribution >= 4 is 50.7 Å². The highest BCUT2D eigenvalue weighted by Gasteiger charge is 2.44. The smallest absolute Gasteiger partial charge is 0.404 e. The van der Waals surface area contributed by atoms with E-state index in [1.165, 1.54) is 18.2 Å². The largest absolute Gasteiger partial charge is 0.527 e. The van der Waals surface area contributed by atoms with Crippen molar-refractivity contribution in [3.05, 3.63) is 39.2 Å². The lowest BCUT2D eigenvalue weighted by Gasteiger charge is -2.23. The maximum absolute atomic E-state index is 12.8. The summed E-state index contributed by atoms with van der Waals surface area (Å²) in [7, 11) is -14.8. The lowest BCUT2D eigenvalue weighted by molar-refractivity contribution is -0.00353. The summed E-state index contributed by atoms with van der Waals surface area (Å²) in [5, 5.41) is 3.53. The number of hydrogen-bond acceptors (Lipinski definition) is 16. The number of hydrogen-bond donors (Lipinski definition) is 4. The van der Waals surface area contributed by atoms with Gasteiger partial charge in [-0.1, -0.05) is 28.6 Å². The standard InChI is InChI=1S/C23H35BClN3O19P4/c1-37-48(29,30)46-51(35,36)47-49(31,32)42-17-22-21(16-23(24)43-22)45-50(33,34)44-19-4-5-20(25)18(15-19)3-2-7-38-9-11-40-13-14-41-12-10-39-8-6-27-28-26/h4-5,15,21-23H,6-14,16-17H2,1H3,(H,29,30)(H,31,32)(H,33,34)(H,35,36). The van der Waals surface area contributed by atoms with E-state index in [-0.39, 0.29) is 49.1 Å². The summed E-state index contributed by atoms with van der Waals surface area (Å²) in [5.41, 5.74) is 8.38. The van der Waals surface area contributed by atoms with Crippen LogP contribution < -0.4 is 4.52 Å². The van der Waals surface area contributed by atoms with Gasteiger partial charge >= 0.3 is 31.3 Å². The molecule has 286 valence electrons. The summed E-state index contributed by atoms with van der Waals surface area (Å²) in [6, 6.07) is 2.77. The van der Waals surface area contributed by atoms with Crippen molar-refractivity contribution < 1.29 is 88.2 Å². The molecule has 22 nitrogen and oxygen atoms in total. The zero-order valence-electron chi connectivity index (χ0n) is 26.7. The summed E-state index contributed by atoms with van der Waals surface area (Å²) >= 11 is 6.17. The van der Waals surface area contributed by atoms with E-state index in [1.54, 1.807) is 0 Å². The molecule has 0 aromatic heterocycles. The average Bonchev–Trinajstić information content (AvgIpc) is 3.37. The second kappa shape index (κ2) is 22.7. The summed E-state index contributed by atoms with van der Waals surface area (Å²) < 4.78 is 101. The SMILES string of the molecule is [B]C1CC(OP(=O)(O)Oc2ccc(Cl)c(C#CCOCCOCCOCCOCCN=[N+]=[N-])c2)C(COP(=O)(O)OP(=O)(O)OP(=O)(O)OC)O1. The molecular weight excluding hydrogens is 792 g/mol. The molecular formula is C23H35BClN3O19P4. The van der Waals surface area contributed by atoms with Gasteiger partial charge in [0.05, 0.1) is 57.9 Å². The van der Waals surface area contributed by atoms with Gasteiger partial charge in [0.15, 0.2) is 0 Å². The van der Waals surface area contributed by atoms with Gasteiger partial charge < -0.3 is 42.9 Å². The molecule has 1 heterocycles. The molecule has 0 bridgehead atoms. The Kier molecular flexibility index (Phi) is 20.4. The number of ether oxygens (including phenoxy) is 5. The van der Waals surface area contributed by atoms with Crippen LogP contribution in [0.5, 0.6) is 5.75 Å². The summed E-state index contributed by atoms with van der Waals surface area (Å²) in [6.07, 6.45) is -3.01. The van der Waals surface area contributed by atoms with Crippen LogP contribution in [-0.4, -0.2) is 119 Å². The lowest BCUT2D eigenvalue weighted by atomic mass is 9.96. The first-order valence-corrected chi connectivity index (χ1v) is 20.7. The van der Waals surface area contributed by atoms with E-state index < -0.39 is 56.1 Å². The topological polar surface area (TPSA) is 299 Å². The fraction of sp³-hybridized carbons (Fsp3) is 0.652. The molecule has 0 amide bonds. The molecule has 0 aliphatic carbocycles. The predicted octanol–water partition coefficient (Wildman–Crippen LogP) is 3.21. The molecule has 1 aromatic rings. The molecule has 2 rings (SSSR count). The number of nitrogens with zero attached hydrogens (tertiary/aromatic N) is 3.